The molecule has 2 nitrogen and oxygen atoms in total. The third-order valence-electron chi connectivity index (χ3n) is 3.94. The van der Waals surface area contributed by atoms with E-state index >= 15 is 0 Å². The van der Waals surface area contributed by atoms with Gasteiger partial charge in [0.2, 0.25) is 5.91 Å². The van der Waals surface area contributed by atoms with E-state index in [-0.39, 0.29) is 5.91 Å². The van der Waals surface area contributed by atoms with Crippen LogP contribution in [-0.2, 0) is 11.2 Å². The van der Waals surface area contributed by atoms with E-state index in [9.17, 15) is 4.79 Å². The van der Waals surface area contributed by atoms with E-state index in [0.717, 1.165) is 22.3 Å². The standard InChI is InChI=1S/C21H19NO/c22-21(23)14-12-19-15-18(16-7-3-1-4-8-16)11-13-20(19)17-9-5-2-6-10-17/h1-11,13,15H,12,14H2,(H2,22,23). The second kappa shape index (κ2) is 6.93. The van der Waals surface area contributed by atoms with Gasteiger partial charge in [0.25, 0.3) is 0 Å². The van der Waals surface area contributed by atoms with Crippen LogP contribution in [-0.4, -0.2) is 5.91 Å². The van der Waals surface area contributed by atoms with Crippen LogP contribution in [0.2, 0.25) is 0 Å². The molecule has 2 heteroatoms. The molecule has 0 bridgehead atoms. The quantitative estimate of drug-likeness (QED) is 0.744. The molecule has 0 unspecified atom stereocenters. The predicted octanol–water partition coefficient (Wildman–Crippen LogP) is 4.44. The Morgan fingerprint density at radius 2 is 1.35 bits per heavy atom. The van der Waals surface area contributed by atoms with Crippen LogP contribution in [0.15, 0.2) is 78.9 Å². The molecule has 3 aromatic carbocycles. The summed E-state index contributed by atoms with van der Waals surface area (Å²) in [5, 5.41) is 0. The first kappa shape index (κ1) is 15.0. The van der Waals surface area contributed by atoms with Gasteiger partial charge in [0.1, 0.15) is 0 Å². The van der Waals surface area contributed by atoms with Crippen molar-refractivity contribution in [1.82, 2.24) is 0 Å². The molecule has 0 heterocycles. The Labute approximate surface area is 136 Å². The lowest BCUT2D eigenvalue weighted by molar-refractivity contribution is -0.117. The van der Waals surface area contributed by atoms with Crippen molar-refractivity contribution in [3.8, 4) is 22.3 Å². The first-order valence-electron chi connectivity index (χ1n) is 7.76. The van der Waals surface area contributed by atoms with E-state index in [1.165, 1.54) is 5.56 Å². The lowest BCUT2D eigenvalue weighted by atomic mass is 9.92. The van der Waals surface area contributed by atoms with Crippen molar-refractivity contribution in [2.24, 2.45) is 5.73 Å². The van der Waals surface area contributed by atoms with Gasteiger partial charge in [-0.1, -0.05) is 78.9 Å². The van der Waals surface area contributed by atoms with E-state index < -0.39 is 0 Å². The van der Waals surface area contributed by atoms with Gasteiger partial charge >= 0.3 is 0 Å². The molecule has 2 N–H and O–H groups in total. The predicted molar refractivity (Wildman–Crippen MR) is 94.8 cm³/mol. The topological polar surface area (TPSA) is 43.1 Å². The fourth-order valence-electron chi connectivity index (χ4n) is 2.77. The number of hydrogen-bond acceptors (Lipinski definition) is 1. The van der Waals surface area contributed by atoms with Crippen LogP contribution >= 0.6 is 0 Å². The largest absolute Gasteiger partial charge is 0.370 e. The maximum atomic E-state index is 11.2. The Morgan fingerprint density at radius 3 is 1.96 bits per heavy atom. The van der Waals surface area contributed by atoms with Gasteiger partial charge in [0, 0.05) is 6.42 Å². The minimum absolute atomic E-state index is 0.269. The van der Waals surface area contributed by atoms with E-state index in [1.807, 2.05) is 36.4 Å². The molecule has 114 valence electrons. The molecule has 0 aliphatic heterocycles. The zero-order chi connectivity index (χ0) is 16.1. The number of carbonyl (C=O) groups excluding carboxylic acids is 1. The molecular weight excluding hydrogens is 282 g/mol. The van der Waals surface area contributed by atoms with Crippen molar-refractivity contribution < 1.29 is 4.79 Å². The average Bonchev–Trinajstić information content (AvgIpc) is 2.61. The zero-order valence-electron chi connectivity index (χ0n) is 12.9. The van der Waals surface area contributed by atoms with Crippen LogP contribution in [0.4, 0.5) is 0 Å². The van der Waals surface area contributed by atoms with Gasteiger partial charge in [-0.3, -0.25) is 4.79 Å². The molecule has 3 rings (SSSR count). The highest BCUT2D eigenvalue weighted by Crippen LogP contribution is 2.29. The van der Waals surface area contributed by atoms with Crippen molar-refractivity contribution in [2.45, 2.75) is 12.8 Å². The first-order chi connectivity index (χ1) is 11.2. The van der Waals surface area contributed by atoms with Gasteiger partial charge < -0.3 is 5.73 Å². The molecule has 0 atom stereocenters. The Hall–Kier alpha value is -2.87. The lowest BCUT2D eigenvalue weighted by Gasteiger charge is -2.12. The van der Waals surface area contributed by atoms with Crippen molar-refractivity contribution in [3.63, 3.8) is 0 Å². The molecule has 1 amide bonds. The molecule has 23 heavy (non-hydrogen) atoms. The molecular formula is C21H19NO. The smallest absolute Gasteiger partial charge is 0.217 e. The minimum atomic E-state index is -0.269. The average molecular weight is 301 g/mol. The van der Waals surface area contributed by atoms with Gasteiger partial charge in [0.15, 0.2) is 0 Å². The van der Waals surface area contributed by atoms with Gasteiger partial charge in [-0.05, 0) is 34.2 Å². The second-order valence-electron chi connectivity index (χ2n) is 5.57. The normalized spacial score (nSPS) is 10.4. The van der Waals surface area contributed by atoms with Crippen LogP contribution in [0.3, 0.4) is 0 Å². The summed E-state index contributed by atoms with van der Waals surface area (Å²) in [6.45, 7) is 0. The lowest BCUT2D eigenvalue weighted by Crippen LogP contribution is -2.11. The summed E-state index contributed by atoms with van der Waals surface area (Å²) in [7, 11) is 0. The monoisotopic (exact) mass is 301 g/mol. The summed E-state index contributed by atoms with van der Waals surface area (Å²) in [6, 6.07) is 26.9. The molecule has 0 radical (unpaired) electrons. The van der Waals surface area contributed by atoms with Crippen molar-refractivity contribution >= 4 is 5.91 Å². The van der Waals surface area contributed by atoms with Gasteiger partial charge in [-0.25, -0.2) is 0 Å². The Balaban J connectivity index is 2.04. The first-order valence-corrected chi connectivity index (χ1v) is 7.76. The summed E-state index contributed by atoms with van der Waals surface area (Å²) in [5.41, 5.74) is 11.1. The molecule has 0 aromatic heterocycles. The number of carbonyl (C=O) groups is 1. The third-order valence-corrected chi connectivity index (χ3v) is 3.94. The third kappa shape index (κ3) is 3.67. The highest BCUT2D eigenvalue weighted by molar-refractivity contribution is 5.77. The molecule has 0 spiro atoms. The van der Waals surface area contributed by atoms with E-state index in [1.54, 1.807) is 0 Å². The number of rotatable bonds is 5. The Kier molecular flexibility index (Phi) is 4.53. The fraction of sp³-hybridized carbons (Fsp3) is 0.0952. The number of primary amides is 1. The van der Waals surface area contributed by atoms with E-state index in [4.69, 9.17) is 5.73 Å². The van der Waals surface area contributed by atoms with Gasteiger partial charge in [0.05, 0.1) is 0 Å². The Bertz CT molecular complexity index is 795. The molecule has 0 aliphatic rings. The summed E-state index contributed by atoms with van der Waals surface area (Å²) in [5.74, 6) is -0.269. The highest BCUT2D eigenvalue weighted by atomic mass is 16.1. The van der Waals surface area contributed by atoms with Gasteiger partial charge in [-0.2, -0.15) is 0 Å². The van der Waals surface area contributed by atoms with Crippen LogP contribution in [0, 0.1) is 0 Å². The number of amides is 1. The van der Waals surface area contributed by atoms with Crippen LogP contribution in [0.1, 0.15) is 12.0 Å². The Morgan fingerprint density at radius 1 is 0.739 bits per heavy atom. The van der Waals surface area contributed by atoms with E-state index in [0.29, 0.717) is 12.8 Å². The molecule has 0 aliphatic carbocycles. The maximum absolute atomic E-state index is 11.2. The summed E-state index contributed by atoms with van der Waals surface area (Å²) in [6.07, 6.45) is 1.01. The van der Waals surface area contributed by atoms with Crippen LogP contribution in [0.5, 0.6) is 0 Å². The molecule has 3 aromatic rings. The highest BCUT2D eigenvalue weighted by Gasteiger charge is 2.08. The number of aryl methyl sites for hydroxylation is 1. The van der Waals surface area contributed by atoms with Crippen LogP contribution in [0.25, 0.3) is 22.3 Å². The van der Waals surface area contributed by atoms with Gasteiger partial charge in [-0.15, -0.1) is 0 Å². The minimum Gasteiger partial charge on any atom is -0.370 e. The molecule has 0 fully saturated rings. The summed E-state index contributed by atoms with van der Waals surface area (Å²) >= 11 is 0. The van der Waals surface area contributed by atoms with Crippen molar-refractivity contribution in [3.05, 3.63) is 84.4 Å². The number of nitrogens with two attached hydrogens (primary N) is 1. The van der Waals surface area contributed by atoms with Crippen molar-refractivity contribution in [1.29, 1.82) is 0 Å². The second-order valence-corrected chi connectivity index (χ2v) is 5.57. The van der Waals surface area contributed by atoms with Crippen molar-refractivity contribution in [2.75, 3.05) is 0 Å². The van der Waals surface area contributed by atoms with Crippen LogP contribution < -0.4 is 5.73 Å². The maximum Gasteiger partial charge on any atom is 0.217 e. The number of hydrogen-bond donors (Lipinski definition) is 1. The molecule has 0 saturated heterocycles. The zero-order valence-corrected chi connectivity index (χ0v) is 12.9. The van der Waals surface area contributed by atoms with E-state index in [2.05, 4.69) is 42.5 Å². The summed E-state index contributed by atoms with van der Waals surface area (Å²) < 4.78 is 0. The summed E-state index contributed by atoms with van der Waals surface area (Å²) in [4.78, 5) is 11.2. The molecule has 0 saturated carbocycles. The number of benzene rings is 3. The fourth-order valence-corrected chi connectivity index (χ4v) is 2.77. The SMILES string of the molecule is NC(=O)CCc1cc(-c2ccccc2)ccc1-c1ccccc1.